The standard InChI is InChI=1S/C24H25N3O3S/c1-4-25-24(29)19-10-9-16(2)21(13-19)27-23(28)12-11-18-7-5-6-8-22(18)30-14-20-15-31-17(3)26-20/h5-13,15H,4,14H2,1-3H3,(H,25,29)(H,27,28)/b12-11+. The highest BCUT2D eigenvalue weighted by atomic mass is 32.1. The van der Waals surface area contributed by atoms with Crippen LogP contribution in [0, 0.1) is 13.8 Å². The summed E-state index contributed by atoms with van der Waals surface area (Å²) in [6.45, 7) is 6.61. The van der Waals surface area contributed by atoms with E-state index < -0.39 is 0 Å². The molecule has 2 N–H and O–H groups in total. The Balaban J connectivity index is 1.68. The number of thiazole rings is 1. The van der Waals surface area contributed by atoms with Crippen LogP contribution in [0.4, 0.5) is 5.69 Å². The number of anilines is 1. The van der Waals surface area contributed by atoms with Crippen molar-refractivity contribution in [3.8, 4) is 5.75 Å². The molecule has 0 fully saturated rings. The second-order valence-electron chi connectivity index (χ2n) is 6.90. The lowest BCUT2D eigenvalue weighted by atomic mass is 10.1. The summed E-state index contributed by atoms with van der Waals surface area (Å²) in [6.07, 6.45) is 3.16. The molecule has 6 nitrogen and oxygen atoms in total. The lowest BCUT2D eigenvalue weighted by molar-refractivity contribution is -0.111. The molecule has 1 heterocycles. The lowest BCUT2D eigenvalue weighted by Gasteiger charge is -2.10. The van der Waals surface area contributed by atoms with Crippen LogP contribution < -0.4 is 15.4 Å². The zero-order chi connectivity index (χ0) is 22.2. The first-order valence-electron chi connectivity index (χ1n) is 9.97. The quantitative estimate of drug-likeness (QED) is 0.501. The fourth-order valence-corrected chi connectivity index (χ4v) is 3.47. The number of carbonyl (C=O) groups excluding carboxylic acids is 2. The van der Waals surface area contributed by atoms with E-state index >= 15 is 0 Å². The first-order chi connectivity index (χ1) is 15.0. The van der Waals surface area contributed by atoms with Crippen LogP contribution in [0.2, 0.25) is 0 Å². The van der Waals surface area contributed by atoms with Gasteiger partial charge in [0, 0.05) is 34.8 Å². The SMILES string of the molecule is CCNC(=O)c1ccc(C)c(NC(=O)/C=C/c2ccccc2OCc2csc(C)n2)c1. The summed E-state index contributed by atoms with van der Waals surface area (Å²) in [5, 5.41) is 8.57. The molecular formula is C24H25N3O3S. The predicted molar refractivity (Wildman–Crippen MR) is 124 cm³/mol. The minimum Gasteiger partial charge on any atom is -0.487 e. The first-order valence-corrected chi connectivity index (χ1v) is 10.8. The molecule has 0 saturated heterocycles. The Labute approximate surface area is 186 Å². The van der Waals surface area contributed by atoms with Gasteiger partial charge in [0.1, 0.15) is 12.4 Å². The smallest absolute Gasteiger partial charge is 0.251 e. The predicted octanol–water partition coefficient (Wildman–Crippen LogP) is 4.74. The van der Waals surface area contributed by atoms with Crippen LogP contribution >= 0.6 is 11.3 Å². The van der Waals surface area contributed by atoms with Gasteiger partial charge in [-0.3, -0.25) is 9.59 Å². The zero-order valence-electron chi connectivity index (χ0n) is 17.8. The third kappa shape index (κ3) is 6.26. The minimum atomic E-state index is -0.291. The fraction of sp³-hybridized carbons (Fsp3) is 0.208. The van der Waals surface area contributed by atoms with Gasteiger partial charge in [-0.05, 0) is 50.6 Å². The molecule has 0 bridgehead atoms. The lowest BCUT2D eigenvalue weighted by Crippen LogP contribution is -2.23. The average Bonchev–Trinajstić information content (AvgIpc) is 3.18. The molecule has 2 aromatic carbocycles. The monoisotopic (exact) mass is 435 g/mol. The third-order valence-electron chi connectivity index (χ3n) is 4.47. The number of para-hydroxylation sites is 1. The van der Waals surface area contributed by atoms with E-state index in [4.69, 9.17) is 4.74 Å². The molecule has 3 aromatic rings. The van der Waals surface area contributed by atoms with Crippen molar-refractivity contribution in [2.45, 2.75) is 27.4 Å². The Morgan fingerprint density at radius 2 is 1.97 bits per heavy atom. The van der Waals surface area contributed by atoms with Crippen molar-refractivity contribution in [3.63, 3.8) is 0 Å². The molecule has 0 aliphatic carbocycles. The van der Waals surface area contributed by atoms with Gasteiger partial charge in [0.15, 0.2) is 0 Å². The Hall–Kier alpha value is -3.45. The molecule has 2 amide bonds. The van der Waals surface area contributed by atoms with Gasteiger partial charge < -0.3 is 15.4 Å². The summed E-state index contributed by atoms with van der Waals surface area (Å²) in [7, 11) is 0. The number of nitrogens with zero attached hydrogens (tertiary/aromatic N) is 1. The summed E-state index contributed by atoms with van der Waals surface area (Å²) in [5.74, 6) is 0.211. The van der Waals surface area contributed by atoms with Crippen molar-refractivity contribution in [3.05, 3.63) is 81.3 Å². The van der Waals surface area contributed by atoms with Crippen LogP contribution in [0.1, 0.15) is 39.1 Å². The Morgan fingerprint density at radius 3 is 2.71 bits per heavy atom. The largest absolute Gasteiger partial charge is 0.487 e. The first kappa shape index (κ1) is 22.2. The number of ether oxygens (including phenoxy) is 1. The van der Waals surface area contributed by atoms with Crippen molar-refractivity contribution < 1.29 is 14.3 Å². The van der Waals surface area contributed by atoms with Gasteiger partial charge in [0.05, 0.1) is 10.7 Å². The summed E-state index contributed by atoms with van der Waals surface area (Å²) in [6, 6.07) is 12.7. The van der Waals surface area contributed by atoms with Gasteiger partial charge in [-0.2, -0.15) is 0 Å². The molecule has 3 rings (SSSR count). The Morgan fingerprint density at radius 1 is 1.16 bits per heavy atom. The van der Waals surface area contributed by atoms with Crippen molar-refractivity contribution in [2.24, 2.45) is 0 Å². The van der Waals surface area contributed by atoms with Crippen LogP contribution in [0.3, 0.4) is 0 Å². The van der Waals surface area contributed by atoms with E-state index in [1.807, 2.05) is 56.5 Å². The molecule has 0 radical (unpaired) electrons. The van der Waals surface area contributed by atoms with E-state index in [0.717, 1.165) is 21.8 Å². The Bertz CT molecular complexity index is 1100. The Kier molecular flexibility index (Phi) is 7.56. The van der Waals surface area contributed by atoms with Gasteiger partial charge in [-0.15, -0.1) is 11.3 Å². The average molecular weight is 436 g/mol. The van der Waals surface area contributed by atoms with Crippen LogP contribution in [-0.2, 0) is 11.4 Å². The minimum absolute atomic E-state index is 0.171. The molecule has 0 saturated carbocycles. The molecule has 0 aliphatic heterocycles. The maximum Gasteiger partial charge on any atom is 0.251 e. The highest BCUT2D eigenvalue weighted by Gasteiger charge is 2.09. The van der Waals surface area contributed by atoms with Gasteiger partial charge in [-0.1, -0.05) is 24.3 Å². The van der Waals surface area contributed by atoms with E-state index in [2.05, 4.69) is 15.6 Å². The number of benzene rings is 2. The summed E-state index contributed by atoms with van der Waals surface area (Å²) >= 11 is 1.58. The van der Waals surface area contributed by atoms with E-state index in [9.17, 15) is 9.59 Å². The van der Waals surface area contributed by atoms with Crippen molar-refractivity contribution >= 4 is 34.9 Å². The van der Waals surface area contributed by atoms with E-state index in [-0.39, 0.29) is 11.8 Å². The fourth-order valence-electron chi connectivity index (χ4n) is 2.88. The van der Waals surface area contributed by atoms with Crippen molar-refractivity contribution in [2.75, 3.05) is 11.9 Å². The van der Waals surface area contributed by atoms with Crippen molar-refractivity contribution in [1.29, 1.82) is 0 Å². The molecular weight excluding hydrogens is 410 g/mol. The molecule has 1 aromatic heterocycles. The van der Waals surface area contributed by atoms with Gasteiger partial charge >= 0.3 is 0 Å². The number of aryl methyl sites for hydroxylation is 2. The normalized spacial score (nSPS) is 10.8. The highest BCUT2D eigenvalue weighted by Crippen LogP contribution is 2.22. The molecule has 0 aliphatic rings. The van der Waals surface area contributed by atoms with Crippen molar-refractivity contribution in [1.82, 2.24) is 10.3 Å². The summed E-state index contributed by atoms with van der Waals surface area (Å²) < 4.78 is 5.89. The van der Waals surface area contributed by atoms with Crippen LogP contribution in [0.25, 0.3) is 6.08 Å². The van der Waals surface area contributed by atoms with Crippen LogP contribution in [0.5, 0.6) is 5.75 Å². The van der Waals surface area contributed by atoms with E-state index in [1.54, 1.807) is 29.5 Å². The third-order valence-corrected chi connectivity index (χ3v) is 5.29. The summed E-state index contributed by atoms with van der Waals surface area (Å²) in [5.41, 5.74) is 3.64. The maximum atomic E-state index is 12.5. The van der Waals surface area contributed by atoms with Crippen LogP contribution in [-0.4, -0.2) is 23.3 Å². The second-order valence-corrected chi connectivity index (χ2v) is 7.96. The van der Waals surface area contributed by atoms with Gasteiger partial charge in [-0.25, -0.2) is 4.98 Å². The number of amides is 2. The van der Waals surface area contributed by atoms with E-state index in [1.165, 1.54) is 6.08 Å². The number of nitrogens with one attached hydrogen (secondary N) is 2. The molecule has 0 atom stereocenters. The molecule has 31 heavy (non-hydrogen) atoms. The van der Waals surface area contributed by atoms with Crippen LogP contribution in [0.15, 0.2) is 53.9 Å². The molecule has 0 spiro atoms. The topological polar surface area (TPSA) is 80.3 Å². The highest BCUT2D eigenvalue weighted by molar-refractivity contribution is 7.09. The number of rotatable bonds is 8. The number of hydrogen-bond acceptors (Lipinski definition) is 5. The molecule has 160 valence electrons. The maximum absolute atomic E-state index is 12.5. The second kappa shape index (κ2) is 10.5. The number of aromatic nitrogens is 1. The molecule has 7 heteroatoms. The van der Waals surface area contributed by atoms with Gasteiger partial charge in [0.2, 0.25) is 5.91 Å². The number of hydrogen-bond donors (Lipinski definition) is 2. The van der Waals surface area contributed by atoms with Gasteiger partial charge in [0.25, 0.3) is 5.91 Å². The van der Waals surface area contributed by atoms with E-state index in [0.29, 0.717) is 30.2 Å². The summed E-state index contributed by atoms with van der Waals surface area (Å²) in [4.78, 5) is 28.9. The zero-order valence-corrected chi connectivity index (χ0v) is 18.6. The number of carbonyl (C=O) groups is 2. The molecule has 0 unspecified atom stereocenters.